The highest BCUT2D eigenvalue weighted by molar-refractivity contribution is 7.87. The van der Waals surface area contributed by atoms with Gasteiger partial charge in [-0.2, -0.15) is 13.7 Å². The highest BCUT2D eigenvalue weighted by atomic mass is 35.5. The lowest BCUT2D eigenvalue weighted by molar-refractivity contribution is -0.112. The predicted molar refractivity (Wildman–Crippen MR) is 127 cm³/mol. The highest BCUT2D eigenvalue weighted by Crippen LogP contribution is 2.32. The summed E-state index contributed by atoms with van der Waals surface area (Å²) in [6.07, 6.45) is 1.33. The van der Waals surface area contributed by atoms with Crippen LogP contribution in [0, 0.1) is 11.3 Å². The van der Waals surface area contributed by atoms with Crippen LogP contribution in [0.15, 0.2) is 77.2 Å². The molecule has 0 aliphatic carbocycles. The molecule has 3 aromatic carbocycles. The molecule has 0 bridgehead atoms. The van der Waals surface area contributed by atoms with Gasteiger partial charge < -0.3 is 19.3 Å². The number of carbonyl (C=O) groups excluding carboxylic acids is 1. The molecule has 0 atom stereocenters. The molecule has 0 aliphatic heterocycles. The van der Waals surface area contributed by atoms with Gasteiger partial charge >= 0.3 is 10.1 Å². The van der Waals surface area contributed by atoms with Gasteiger partial charge in [-0.25, -0.2) is 0 Å². The van der Waals surface area contributed by atoms with Gasteiger partial charge in [-0.3, -0.25) is 4.79 Å². The first kappa shape index (κ1) is 24.6. The highest BCUT2D eigenvalue weighted by Gasteiger charge is 2.20. The Morgan fingerprint density at radius 2 is 1.76 bits per heavy atom. The van der Waals surface area contributed by atoms with Crippen LogP contribution in [0.3, 0.4) is 0 Å². The van der Waals surface area contributed by atoms with Crippen molar-refractivity contribution in [3.8, 4) is 23.3 Å². The van der Waals surface area contributed by atoms with Crippen molar-refractivity contribution >= 4 is 39.4 Å². The van der Waals surface area contributed by atoms with E-state index < -0.39 is 16.0 Å². The Morgan fingerprint density at radius 3 is 2.38 bits per heavy atom. The Morgan fingerprint density at radius 1 is 1.09 bits per heavy atom. The summed E-state index contributed by atoms with van der Waals surface area (Å²) in [6.45, 7) is 1.93. The van der Waals surface area contributed by atoms with Crippen molar-refractivity contribution in [1.29, 1.82) is 5.26 Å². The van der Waals surface area contributed by atoms with Crippen molar-refractivity contribution in [2.75, 3.05) is 11.9 Å². The van der Waals surface area contributed by atoms with Gasteiger partial charge in [-0.05, 0) is 79.2 Å². The van der Waals surface area contributed by atoms with E-state index in [9.17, 15) is 23.6 Å². The van der Waals surface area contributed by atoms with Crippen molar-refractivity contribution < 1.29 is 27.2 Å². The van der Waals surface area contributed by atoms with Gasteiger partial charge in [0, 0.05) is 10.7 Å². The third-order valence-corrected chi connectivity index (χ3v) is 5.87. The maximum atomic E-state index is 12.6. The Balaban J connectivity index is 1.86. The van der Waals surface area contributed by atoms with Gasteiger partial charge in [0.2, 0.25) is 0 Å². The first-order valence-electron chi connectivity index (χ1n) is 9.91. The second kappa shape index (κ2) is 10.7. The molecule has 0 saturated heterocycles. The summed E-state index contributed by atoms with van der Waals surface area (Å²) < 4.78 is 36.0. The number of phenols is 1. The number of ether oxygens (including phenoxy) is 1. The van der Waals surface area contributed by atoms with Gasteiger partial charge in [-0.15, -0.1) is 0 Å². The maximum Gasteiger partial charge on any atom is 0.339 e. The van der Waals surface area contributed by atoms with E-state index in [2.05, 4.69) is 5.32 Å². The molecular formula is C24H19ClN2O6S. The molecule has 0 unspecified atom stereocenters. The Hall–Kier alpha value is -4.00. The number of phenolic OH excluding ortho intramolecular Hbond substituents is 1. The van der Waals surface area contributed by atoms with Crippen molar-refractivity contribution in [3.05, 3.63) is 82.9 Å². The number of nitrogens with one attached hydrogen (secondary N) is 1. The van der Waals surface area contributed by atoms with E-state index in [1.54, 1.807) is 6.92 Å². The summed E-state index contributed by atoms with van der Waals surface area (Å²) in [4.78, 5) is 12.4. The van der Waals surface area contributed by atoms with Gasteiger partial charge in [-0.1, -0.05) is 17.7 Å². The lowest BCUT2D eigenvalue weighted by Gasteiger charge is -2.13. The average molecular weight is 499 g/mol. The minimum atomic E-state index is -4.15. The molecule has 0 saturated carbocycles. The minimum Gasteiger partial charge on any atom is -0.508 e. The van der Waals surface area contributed by atoms with E-state index in [0.29, 0.717) is 16.3 Å². The monoisotopic (exact) mass is 498 g/mol. The summed E-state index contributed by atoms with van der Waals surface area (Å²) in [7, 11) is -4.15. The van der Waals surface area contributed by atoms with Crippen LogP contribution in [0.2, 0.25) is 5.02 Å². The van der Waals surface area contributed by atoms with Crippen LogP contribution in [0.5, 0.6) is 17.2 Å². The van der Waals surface area contributed by atoms with Crippen LogP contribution < -0.4 is 14.2 Å². The second-order valence-electron chi connectivity index (χ2n) is 6.80. The molecule has 174 valence electrons. The van der Waals surface area contributed by atoms with Crippen LogP contribution in [0.4, 0.5) is 5.69 Å². The van der Waals surface area contributed by atoms with Gasteiger partial charge in [0.05, 0.1) is 6.61 Å². The van der Waals surface area contributed by atoms with Crippen molar-refractivity contribution in [2.45, 2.75) is 11.8 Å². The number of amides is 1. The lowest BCUT2D eigenvalue weighted by atomic mass is 10.1. The summed E-state index contributed by atoms with van der Waals surface area (Å²) in [5, 5.41) is 21.7. The summed E-state index contributed by atoms with van der Waals surface area (Å²) in [5.41, 5.74) is 0.616. The lowest BCUT2D eigenvalue weighted by Crippen LogP contribution is -2.13. The fraction of sp³-hybridized carbons (Fsp3) is 0.0833. The van der Waals surface area contributed by atoms with Crippen molar-refractivity contribution in [1.82, 2.24) is 0 Å². The number of hydrogen-bond acceptors (Lipinski definition) is 7. The number of carbonyl (C=O) groups is 1. The fourth-order valence-corrected chi connectivity index (χ4v) is 3.84. The van der Waals surface area contributed by atoms with Crippen LogP contribution in [-0.4, -0.2) is 26.0 Å². The first-order chi connectivity index (χ1) is 16.2. The van der Waals surface area contributed by atoms with Gasteiger partial charge in [0.1, 0.15) is 22.3 Å². The zero-order chi connectivity index (χ0) is 24.7. The zero-order valence-corrected chi connectivity index (χ0v) is 19.4. The van der Waals surface area contributed by atoms with E-state index in [1.807, 2.05) is 6.07 Å². The number of nitrogens with zero attached hydrogens (tertiary/aromatic N) is 1. The number of benzene rings is 3. The third kappa shape index (κ3) is 6.28. The topological polar surface area (TPSA) is 126 Å². The van der Waals surface area contributed by atoms with Crippen LogP contribution in [-0.2, 0) is 14.9 Å². The second-order valence-corrected chi connectivity index (χ2v) is 8.78. The number of anilines is 1. The van der Waals surface area contributed by atoms with Crippen LogP contribution in [0.1, 0.15) is 12.5 Å². The summed E-state index contributed by atoms with van der Waals surface area (Å²) in [6, 6.07) is 17.4. The molecule has 0 spiro atoms. The Kier molecular flexibility index (Phi) is 7.79. The SMILES string of the molecule is CCOc1cc(/C=C(\C#N)C(=O)Nc2ccc(O)cc2)ccc1OS(=O)(=O)c1ccc(Cl)cc1. The first-order valence-corrected chi connectivity index (χ1v) is 11.7. The van der Waals surface area contributed by atoms with E-state index in [1.165, 1.54) is 72.8 Å². The molecule has 1 amide bonds. The standard InChI is InChI=1S/C24H19ClN2O6S/c1-2-32-23-14-16(13-17(15-26)24(29)27-19-6-8-20(28)9-7-19)3-12-22(23)33-34(30,31)21-10-4-18(25)5-11-21/h3-14,28H,2H2,1H3,(H,27,29)/b17-13+. The maximum absolute atomic E-state index is 12.6. The predicted octanol–water partition coefficient (Wildman–Crippen LogP) is 4.76. The number of hydrogen-bond donors (Lipinski definition) is 2. The smallest absolute Gasteiger partial charge is 0.339 e. The Bertz CT molecular complexity index is 1360. The van der Waals surface area contributed by atoms with E-state index in [-0.39, 0.29) is 34.3 Å². The minimum absolute atomic E-state index is 0.0397. The Labute approximate surface area is 201 Å². The van der Waals surface area contributed by atoms with Crippen LogP contribution >= 0.6 is 11.6 Å². The molecule has 3 aromatic rings. The number of rotatable bonds is 8. The molecule has 0 fully saturated rings. The molecule has 0 aromatic heterocycles. The van der Waals surface area contributed by atoms with Crippen LogP contribution in [0.25, 0.3) is 6.08 Å². The zero-order valence-electron chi connectivity index (χ0n) is 17.9. The van der Waals surface area contributed by atoms with Gasteiger partial charge in [0.15, 0.2) is 11.5 Å². The summed E-state index contributed by atoms with van der Waals surface area (Å²) in [5.74, 6) is -0.555. The van der Waals surface area contributed by atoms with E-state index >= 15 is 0 Å². The molecule has 8 nitrogen and oxygen atoms in total. The molecule has 2 N–H and O–H groups in total. The quantitative estimate of drug-likeness (QED) is 0.198. The molecule has 0 aliphatic rings. The molecule has 10 heteroatoms. The molecule has 34 heavy (non-hydrogen) atoms. The largest absolute Gasteiger partial charge is 0.508 e. The van der Waals surface area contributed by atoms with E-state index in [0.717, 1.165) is 0 Å². The number of nitriles is 1. The van der Waals surface area contributed by atoms with E-state index in [4.69, 9.17) is 20.5 Å². The van der Waals surface area contributed by atoms with Gasteiger partial charge in [0.25, 0.3) is 5.91 Å². The normalized spacial score (nSPS) is 11.4. The summed E-state index contributed by atoms with van der Waals surface area (Å²) >= 11 is 5.81. The van der Waals surface area contributed by atoms with Crippen molar-refractivity contribution in [3.63, 3.8) is 0 Å². The molecule has 0 heterocycles. The number of halogens is 1. The third-order valence-electron chi connectivity index (χ3n) is 4.37. The fourth-order valence-electron chi connectivity index (χ4n) is 2.78. The molecule has 0 radical (unpaired) electrons. The average Bonchev–Trinajstić information content (AvgIpc) is 2.81. The van der Waals surface area contributed by atoms with Crippen molar-refractivity contribution in [2.24, 2.45) is 0 Å². The molecular weight excluding hydrogens is 480 g/mol. The number of aromatic hydroxyl groups is 1. The molecule has 3 rings (SSSR count).